The summed E-state index contributed by atoms with van der Waals surface area (Å²) in [5, 5.41) is 3.35. The second kappa shape index (κ2) is 6.31. The lowest BCUT2D eigenvalue weighted by atomic mass is 9.86. The number of rotatable bonds is 4. The van der Waals surface area contributed by atoms with Crippen LogP contribution in [0.5, 0.6) is 0 Å². The van der Waals surface area contributed by atoms with Crippen molar-refractivity contribution in [3.63, 3.8) is 0 Å². The Labute approximate surface area is 120 Å². The number of nitrogens with one attached hydrogen (secondary N) is 1. The van der Waals surface area contributed by atoms with Crippen LogP contribution in [0.25, 0.3) is 0 Å². The molecule has 0 amide bonds. The van der Waals surface area contributed by atoms with Gasteiger partial charge in [0.15, 0.2) is 11.6 Å². The number of carbonyl (C=O) groups excluding carboxylic acids is 2. The van der Waals surface area contributed by atoms with E-state index in [1.54, 1.807) is 6.92 Å². The minimum absolute atomic E-state index is 0.0233. The van der Waals surface area contributed by atoms with Gasteiger partial charge in [0.25, 0.3) is 0 Å². The van der Waals surface area contributed by atoms with E-state index >= 15 is 0 Å². The highest BCUT2D eigenvalue weighted by Gasteiger charge is 2.21. The van der Waals surface area contributed by atoms with Crippen molar-refractivity contribution in [2.75, 3.05) is 13.1 Å². The Bertz CT molecular complexity index is 514. The minimum atomic E-state index is -0.0853. The summed E-state index contributed by atoms with van der Waals surface area (Å²) in [7, 11) is 0. The van der Waals surface area contributed by atoms with Crippen molar-refractivity contribution >= 4 is 11.6 Å². The maximum atomic E-state index is 12.2. The zero-order valence-corrected chi connectivity index (χ0v) is 12.5. The molecule has 1 heterocycles. The Kier molecular flexibility index (Phi) is 4.71. The van der Waals surface area contributed by atoms with Gasteiger partial charge in [0.1, 0.15) is 0 Å². The molecule has 0 radical (unpaired) electrons. The minimum Gasteiger partial charge on any atom is -0.317 e. The van der Waals surface area contributed by atoms with Crippen LogP contribution in [-0.2, 0) is 0 Å². The van der Waals surface area contributed by atoms with E-state index in [0.717, 1.165) is 25.9 Å². The quantitative estimate of drug-likeness (QED) is 0.857. The molecule has 1 aromatic rings. The summed E-state index contributed by atoms with van der Waals surface area (Å²) >= 11 is 0. The molecule has 0 spiro atoms. The van der Waals surface area contributed by atoms with Gasteiger partial charge in [-0.1, -0.05) is 26.0 Å². The van der Waals surface area contributed by atoms with Gasteiger partial charge in [-0.05, 0) is 50.4 Å². The van der Waals surface area contributed by atoms with Gasteiger partial charge in [-0.2, -0.15) is 0 Å². The Morgan fingerprint density at radius 3 is 2.35 bits per heavy atom. The van der Waals surface area contributed by atoms with Gasteiger partial charge in [0.2, 0.25) is 0 Å². The highest BCUT2D eigenvalue weighted by atomic mass is 16.1. The Balaban J connectivity index is 2.36. The number of piperidine rings is 1. The second-order valence-electron chi connectivity index (χ2n) is 5.90. The maximum Gasteiger partial charge on any atom is 0.166 e. The number of Topliss-reactive ketones (excluding diaryl/α,β-unsaturated/α-hetero) is 2. The van der Waals surface area contributed by atoms with E-state index in [-0.39, 0.29) is 17.5 Å². The van der Waals surface area contributed by atoms with Crippen LogP contribution in [0.3, 0.4) is 0 Å². The van der Waals surface area contributed by atoms with Crippen molar-refractivity contribution in [3.05, 3.63) is 34.9 Å². The average molecular weight is 273 g/mol. The molecule has 2 rings (SSSR count). The lowest BCUT2D eigenvalue weighted by Crippen LogP contribution is -2.26. The molecule has 1 aliphatic heterocycles. The Morgan fingerprint density at radius 1 is 1.15 bits per heavy atom. The maximum absolute atomic E-state index is 12.2. The van der Waals surface area contributed by atoms with Crippen molar-refractivity contribution in [2.24, 2.45) is 5.92 Å². The van der Waals surface area contributed by atoms with Gasteiger partial charge in [-0.3, -0.25) is 9.59 Å². The van der Waals surface area contributed by atoms with Crippen molar-refractivity contribution < 1.29 is 9.59 Å². The molecule has 1 aromatic carbocycles. The lowest BCUT2D eigenvalue weighted by molar-refractivity contribution is 0.0926. The summed E-state index contributed by atoms with van der Waals surface area (Å²) in [6.45, 7) is 7.32. The first-order chi connectivity index (χ1) is 9.50. The van der Waals surface area contributed by atoms with Gasteiger partial charge in [0, 0.05) is 17.0 Å². The van der Waals surface area contributed by atoms with E-state index in [2.05, 4.69) is 5.32 Å². The molecule has 1 fully saturated rings. The highest BCUT2D eigenvalue weighted by Crippen LogP contribution is 2.28. The van der Waals surface area contributed by atoms with E-state index in [0.29, 0.717) is 17.0 Å². The number of benzene rings is 1. The topological polar surface area (TPSA) is 46.2 Å². The van der Waals surface area contributed by atoms with E-state index in [1.807, 2.05) is 32.0 Å². The van der Waals surface area contributed by atoms with Gasteiger partial charge in [0.05, 0.1) is 0 Å². The first-order valence-electron chi connectivity index (χ1n) is 7.40. The molecule has 1 saturated heterocycles. The van der Waals surface area contributed by atoms with Gasteiger partial charge in [-0.15, -0.1) is 0 Å². The molecular formula is C17H23NO2. The number of ketones is 2. The van der Waals surface area contributed by atoms with Crippen LogP contribution in [0.1, 0.15) is 65.8 Å². The van der Waals surface area contributed by atoms with Gasteiger partial charge in [-0.25, -0.2) is 0 Å². The van der Waals surface area contributed by atoms with E-state index in [1.165, 1.54) is 5.56 Å². The SMILES string of the molecule is CC(=O)c1cc(C2CCNCC2)ccc1C(=O)C(C)C. The predicted octanol–water partition coefficient (Wildman–Crippen LogP) is 3.19. The summed E-state index contributed by atoms with van der Waals surface area (Å²) in [5.41, 5.74) is 2.35. The average Bonchev–Trinajstić information content (AvgIpc) is 2.46. The Morgan fingerprint density at radius 2 is 1.80 bits per heavy atom. The van der Waals surface area contributed by atoms with Crippen molar-refractivity contribution in [2.45, 2.75) is 39.5 Å². The van der Waals surface area contributed by atoms with Crippen LogP contribution in [0.2, 0.25) is 0 Å². The summed E-state index contributed by atoms with van der Waals surface area (Å²) in [5.74, 6) is 0.437. The molecule has 1 aliphatic rings. The summed E-state index contributed by atoms with van der Waals surface area (Å²) < 4.78 is 0. The smallest absolute Gasteiger partial charge is 0.166 e. The molecule has 0 bridgehead atoms. The largest absolute Gasteiger partial charge is 0.317 e. The summed E-state index contributed by atoms with van der Waals surface area (Å²) in [6, 6.07) is 5.81. The van der Waals surface area contributed by atoms with Crippen LogP contribution in [-0.4, -0.2) is 24.7 Å². The monoisotopic (exact) mass is 273 g/mol. The molecule has 0 aliphatic carbocycles. The molecular weight excluding hydrogens is 250 g/mol. The number of hydrogen-bond acceptors (Lipinski definition) is 3. The standard InChI is InChI=1S/C17H23NO2/c1-11(2)17(20)15-5-4-14(10-16(15)12(3)19)13-6-8-18-9-7-13/h4-5,10-11,13,18H,6-9H2,1-3H3. The van der Waals surface area contributed by atoms with E-state index in [9.17, 15) is 9.59 Å². The van der Waals surface area contributed by atoms with Crippen LogP contribution >= 0.6 is 0 Å². The van der Waals surface area contributed by atoms with Crippen LogP contribution in [0.15, 0.2) is 18.2 Å². The fourth-order valence-corrected chi connectivity index (χ4v) is 2.79. The van der Waals surface area contributed by atoms with Crippen molar-refractivity contribution in [3.8, 4) is 0 Å². The second-order valence-corrected chi connectivity index (χ2v) is 5.90. The zero-order valence-electron chi connectivity index (χ0n) is 12.5. The molecule has 1 N–H and O–H groups in total. The number of hydrogen-bond donors (Lipinski definition) is 1. The molecule has 0 aromatic heterocycles. The molecule has 0 atom stereocenters. The third kappa shape index (κ3) is 3.15. The van der Waals surface area contributed by atoms with Gasteiger partial charge >= 0.3 is 0 Å². The fraction of sp³-hybridized carbons (Fsp3) is 0.529. The molecule has 0 saturated carbocycles. The van der Waals surface area contributed by atoms with Crippen LogP contribution in [0, 0.1) is 5.92 Å². The fourth-order valence-electron chi connectivity index (χ4n) is 2.79. The highest BCUT2D eigenvalue weighted by molar-refractivity contribution is 6.08. The van der Waals surface area contributed by atoms with Crippen LogP contribution < -0.4 is 5.32 Å². The molecule has 20 heavy (non-hydrogen) atoms. The lowest BCUT2D eigenvalue weighted by Gasteiger charge is -2.24. The number of carbonyl (C=O) groups is 2. The Hall–Kier alpha value is -1.48. The third-order valence-corrected chi connectivity index (χ3v) is 4.02. The molecule has 3 nitrogen and oxygen atoms in total. The van der Waals surface area contributed by atoms with Crippen molar-refractivity contribution in [1.29, 1.82) is 0 Å². The first-order valence-corrected chi connectivity index (χ1v) is 7.40. The molecule has 3 heteroatoms. The van der Waals surface area contributed by atoms with Crippen molar-refractivity contribution in [1.82, 2.24) is 5.32 Å². The molecule has 0 unspecified atom stereocenters. The summed E-state index contributed by atoms with van der Waals surface area (Å²) in [6.07, 6.45) is 2.18. The van der Waals surface area contributed by atoms with E-state index in [4.69, 9.17) is 0 Å². The van der Waals surface area contributed by atoms with Gasteiger partial charge < -0.3 is 5.32 Å². The van der Waals surface area contributed by atoms with E-state index < -0.39 is 0 Å². The third-order valence-electron chi connectivity index (χ3n) is 4.02. The zero-order chi connectivity index (χ0) is 14.7. The van der Waals surface area contributed by atoms with Crippen LogP contribution in [0.4, 0.5) is 0 Å². The normalized spacial score (nSPS) is 16.4. The predicted molar refractivity (Wildman–Crippen MR) is 80.5 cm³/mol. The molecule has 108 valence electrons. The summed E-state index contributed by atoms with van der Waals surface area (Å²) in [4.78, 5) is 24.1. The first kappa shape index (κ1) is 14.9.